The molecule has 0 radical (unpaired) electrons. The van der Waals surface area contributed by atoms with Crippen LogP contribution in [0, 0.1) is 11.6 Å². The molecule has 1 N–H and O–H groups in total. The van der Waals surface area contributed by atoms with Crippen LogP contribution in [-0.2, 0) is 0 Å². The van der Waals surface area contributed by atoms with E-state index in [-0.39, 0.29) is 16.1 Å². The van der Waals surface area contributed by atoms with Gasteiger partial charge in [-0.25, -0.2) is 8.78 Å². The Hall–Kier alpha value is -1.45. The topological polar surface area (TPSA) is 20.2 Å². The van der Waals surface area contributed by atoms with Crippen molar-refractivity contribution >= 4 is 11.6 Å². The highest BCUT2D eigenvalue weighted by atomic mass is 35.5. The van der Waals surface area contributed by atoms with Gasteiger partial charge in [0.15, 0.2) is 0 Å². The fourth-order valence-corrected chi connectivity index (χ4v) is 1.81. The average molecular weight is 255 g/mol. The summed E-state index contributed by atoms with van der Waals surface area (Å²) < 4.78 is 26.5. The van der Waals surface area contributed by atoms with E-state index in [1.54, 1.807) is 6.07 Å². The summed E-state index contributed by atoms with van der Waals surface area (Å²) in [6.45, 7) is 0. The lowest BCUT2D eigenvalue weighted by atomic mass is 10.0. The molecule has 2 aromatic carbocycles. The first kappa shape index (κ1) is 12.0. The SMILES string of the molecule is OC(c1ccccc1F)c1cc(F)ccc1Cl. The Labute approximate surface area is 102 Å². The Kier molecular flexibility index (Phi) is 3.41. The van der Waals surface area contributed by atoms with Gasteiger partial charge in [0.05, 0.1) is 0 Å². The first-order chi connectivity index (χ1) is 8.09. The molecule has 2 rings (SSSR count). The van der Waals surface area contributed by atoms with Crippen LogP contribution in [0.2, 0.25) is 5.02 Å². The molecule has 88 valence electrons. The van der Waals surface area contributed by atoms with Crippen LogP contribution in [0.15, 0.2) is 42.5 Å². The van der Waals surface area contributed by atoms with Crippen LogP contribution in [-0.4, -0.2) is 5.11 Å². The minimum absolute atomic E-state index is 0.0694. The van der Waals surface area contributed by atoms with E-state index in [2.05, 4.69) is 0 Å². The Bertz CT molecular complexity index is 543. The molecule has 0 amide bonds. The number of aliphatic hydroxyl groups is 1. The van der Waals surface area contributed by atoms with E-state index in [1.165, 1.54) is 30.3 Å². The standard InChI is InChI=1S/C13H9ClF2O/c14-11-6-5-8(15)7-10(11)13(17)9-3-1-2-4-12(9)16/h1-7,13,17H. The van der Waals surface area contributed by atoms with Gasteiger partial charge in [0, 0.05) is 16.1 Å². The van der Waals surface area contributed by atoms with E-state index >= 15 is 0 Å². The molecule has 0 bridgehead atoms. The number of hydrogen-bond donors (Lipinski definition) is 1. The van der Waals surface area contributed by atoms with E-state index in [4.69, 9.17) is 11.6 Å². The van der Waals surface area contributed by atoms with E-state index in [9.17, 15) is 13.9 Å². The van der Waals surface area contributed by atoms with Crippen LogP contribution >= 0.6 is 11.6 Å². The van der Waals surface area contributed by atoms with Crippen LogP contribution in [0.1, 0.15) is 17.2 Å². The van der Waals surface area contributed by atoms with Crippen LogP contribution in [0.4, 0.5) is 8.78 Å². The van der Waals surface area contributed by atoms with Crippen molar-refractivity contribution in [2.24, 2.45) is 0 Å². The van der Waals surface area contributed by atoms with E-state index in [1.807, 2.05) is 0 Å². The fourth-order valence-electron chi connectivity index (χ4n) is 1.59. The zero-order valence-electron chi connectivity index (χ0n) is 8.70. The summed E-state index contributed by atoms with van der Waals surface area (Å²) in [7, 11) is 0. The Morgan fingerprint density at radius 1 is 1.00 bits per heavy atom. The van der Waals surface area contributed by atoms with Gasteiger partial charge in [0.2, 0.25) is 0 Å². The first-order valence-corrected chi connectivity index (χ1v) is 5.35. The van der Waals surface area contributed by atoms with Crippen LogP contribution < -0.4 is 0 Å². The molecule has 0 aliphatic carbocycles. The van der Waals surface area contributed by atoms with Gasteiger partial charge >= 0.3 is 0 Å². The van der Waals surface area contributed by atoms with Crippen LogP contribution in [0.3, 0.4) is 0 Å². The van der Waals surface area contributed by atoms with Crippen molar-refractivity contribution in [3.8, 4) is 0 Å². The zero-order valence-corrected chi connectivity index (χ0v) is 9.46. The fraction of sp³-hybridized carbons (Fsp3) is 0.0769. The molecule has 0 heterocycles. The van der Waals surface area contributed by atoms with Gasteiger partial charge in [-0.05, 0) is 24.3 Å². The van der Waals surface area contributed by atoms with Gasteiger partial charge < -0.3 is 5.11 Å². The highest BCUT2D eigenvalue weighted by Gasteiger charge is 2.17. The van der Waals surface area contributed by atoms with Gasteiger partial charge in [0.1, 0.15) is 17.7 Å². The molecule has 0 aromatic heterocycles. The summed E-state index contributed by atoms with van der Waals surface area (Å²) >= 11 is 5.84. The highest BCUT2D eigenvalue weighted by molar-refractivity contribution is 6.31. The molecule has 1 nitrogen and oxygen atoms in total. The summed E-state index contributed by atoms with van der Waals surface area (Å²) in [5, 5.41) is 10.2. The zero-order chi connectivity index (χ0) is 12.4. The molecule has 0 saturated heterocycles. The third-order valence-electron chi connectivity index (χ3n) is 2.45. The maximum absolute atomic E-state index is 13.5. The maximum atomic E-state index is 13.5. The number of aliphatic hydroxyl groups excluding tert-OH is 1. The number of halogens is 3. The molecule has 0 spiro atoms. The Morgan fingerprint density at radius 3 is 2.41 bits per heavy atom. The van der Waals surface area contributed by atoms with Gasteiger partial charge in [0.25, 0.3) is 0 Å². The van der Waals surface area contributed by atoms with Crippen molar-refractivity contribution in [2.75, 3.05) is 0 Å². The summed E-state index contributed by atoms with van der Waals surface area (Å²) in [5.41, 5.74) is 0.219. The van der Waals surface area contributed by atoms with Gasteiger partial charge in [-0.2, -0.15) is 0 Å². The molecular weight excluding hydrogens is 246 g/mol. The lowest BCUT2D eigenvalue weighted by molar-refractivity contribution is 0.214. The lowest BCUT2D eigenvalue weighted by Crippen LogP contribution is -2.03. The molecule has 0 aliphatic rings. The summed E-state index contributed by atoms with van der Waals surface area (Å²) in [6, 6.07) is 9.37. The second-order valence-corrected chi connectivity index (χ2v) is 4.00. The van der Waals surface area contributed by atoms with Crippen molar-refractivity contribution in [3.63, 3.8) is 0 Å². The molecule has 1 atom stereocenters. The normalized spacial score (nSPS) is 12.5. The van der Waals surface area contributed by atoms with Crippen molar-refractivity contribution in [1.82, 2.24) is 0 Å². The number of rotatable bonds is 2. The monoisotopic (exact) mass is 254 g/mol. The van der Waals surface area contributed by atoms with Crippen molar-refractivity contribution in [2.45, 2.75) is 6.10 Å². The largest absolute Gasteiger partial charge is 0.383 e. The second kappa shape index (κ2) is 4.82. The predicted octanol–water partition coefficient (Wildman–Crippen LogP) is 3.70. The summed E-state index contributed by atoms with van der Waals surface area (Å²) in [5.74, 6) is -1.08. The number of hydrogen-bond acceptors (Lipinski definition) is 1. The molecule has 0 fully saturated rings. The summed E-state index contributed by atoms with van der Waals surface area (Å²) in [4.78, 5) is 0. The highest BCUT2D eigenvalue weighted by Crippen LogP contribution is 2.30. The van der Waals surface area contributed by atoms with Gasteiger partial charge in [-0.1, -0.05) is 29.8 Å². The minimum atomic E-state index is -1.28. The first-order valence-electron chi connectivity index (χ1n) is 4.97. The number of benzene rings is 2. The van der Waals surface area contributed by atoms with Crippen molar-refractivity contribution in [3.05, 3.63) is 70.2 Å². The maximum Gasteiger partial charge on any atom is 0.129 e. The average Bonchev–Trinajstić information content (AvgIpc) is 2.32. The van der Waals surface area contributed by atoms with E-state index in [0.717, 1.165) is 6.07 Å². The van der Waals surface area contributed by atoms with Crippen LogP contribution in [0.5, 0.6) is 0 Å². The molecule has 4 heteroatoms. The predicted molar refractivity (Wildman–Crippen MR) is 61.9 cm³/mol. The van der Waals surface area contributed by atoms with Gasteiger partial charge in [-0.3, -0.25) is 0 Å². The summed E-state index contributed by atoms with van der Waals surface area (Å²) in [6.07, 6.45) is -1.28. The molecular formula is C13H9ClF2O. The quantitative estimate of drug-likeness (QED) is 0.866. The molecule has 2 aromatic rings. The van der Waals surface area contributed by atoms with Crippen LogP contribution in [0.25, 0.3) is 0 Å². The van der Waals surface area contributed by atoms with E-state index < -0.39 is 17.7 Å². The van der Waals surface area contributed by atoms with Crippen molar-refractivity contribution in [1.29, 1.82) is 0 Å². The molecule has 17 heavy (non-hydrogen) atoms. The Morgan fingerprint density at radius 2 is 1.71 bits per heavy atom. The lowest BCUT2D eigenvalue weighted by Gasteiger charge is -2.13. The minimum Gasteiger partial charge on any atom is -0.383 e. The third-order valence-corrected chi connectivity index (χ3v) is 2.80. The smallest absolute Gasteiger partial charge is 0.129 e. The van der Waals surface area contributed by atoms with Gasteiger partial charge in [-0.15, -0.1) is 0 Å². The Balaban J connectivity index is 2.47. The molecule has 0 saturated carbocycles. The molecule has 1 unspecified atom stereocenters. The van der Waals surface area contributed by atoms with Crippen molar-refractivity contribution < 1.29 is 13.9 Å². The molecule has 0 aliphatic heterocycles. The third kappa shape index (κ3) is 2.46. The second-order valence-electron chi connectivity index (χ2n) is 3.59. The van der Waals surface area contributed by atoms with E-state index in [0.29, 0.717) is 0 Å².